The Kier molecular flexibility index (Phi) is 4.78. The lowest BCUT2D eigenvalue weighted by atomic mass is 9.71. The molecule has 1 saturated carbocycles. The van der Waals surface area contributed by atoms with Crippen LogP contribution in [0.15, 0.2) is 24.3 Å². The molecule has 0 radical (unpaired) electrons. The highest BCUT2D eigenvalue weighted by molar-refractivity contribution is 6.30. The van der Waals surface area contributed by atoms with Gasteiger partial charge in [-0.1, -0.05) is 37.6 Å². The lowest BCUT2D eigenvalue weighted by Crippen LogP contribution is -2.45. The Balaban J connectivity index is 1.89. The van der Waals surface area contributed by atoms with Gasteiger partial charge >= 0.3 is 0 Å². The van der Waals surface area contributed by atoms with Crippen LogP contribution in [0.5, 0.6) is 0 Å². The molecule has 1 unspecified atom stereocenters. The molecule has 1 aromatic rings. The smallest absolute Gasteiger partial charge is 0.0772 e. The molecule has 0 amide bonds. The van der Waals surface area contributed by atoms with E-state index in [0.717, 1.165) is 36.3 Å². The number of benzene rings is 1. The standard InChI is InChI=1S/C17H26ClNO/c1-13(14-5-4-6-15(18)11-14)19-12-17(20)9-7-16(2,3)8-10-17/h4-6,11,13,19-20H,7-10,12H2,1-3H3. The van der Waals surface area contributed by atoms with Crippen LogP contribution < -0.4 is 5.32 Å². The van der Waals surface area contributed by atoms with E-state index in [1.807, 2.05) is 18.2 Å². The van der Waals surface area contributed by atoms with Crippen LogP contribution in [0.25, 0.3) is 0 Å². The third-order valence-electron chi connectivity index (χ3n) is 4.62. The summed E-state index contributed by atoms with van der Waals surface area (Å²) >= 11 is 6.02. The maximum absolute atomic E-state index is 10.7. The minimum Gasteiger partial charge on any atom is -0.389 e. The van der Waals surface area contributed by atoms with Crippen molar-refractivity contribution in [2.45, 2.75) is 58.1 Å². The first-order valence-electron chi connectivity index (χ1n) is 7.51. The van der Waals surface area contributed by atoms with Gasteiger partial charge in [-0.15, -0.1) is 0 Å². The summed E-state index contributed by atoms with van der Waals surface area (Å²) in [7, 11) is 0. The third-order valence-corrected chi connectivity index (χ3v) is 4.86. The summed E-state index contributed by atoms with van der Waals surface area (Å²) in [4.78, 5) is 0. The quantitative estimate of drug-likeness (QED) is 0.867. The molecule has 1 atom stereocenters. The summed E-state index contributed by atoms with van der Waals surface area (Å²) in [6, 6.07) is 8.10. The van der Waals surface area contributed by atoms with Gasteiger partial charge < -0.3 is 10.4 Å². The number of halogens is 1. The van der Waals surface area contributed by atoms with Crippen LogP contribution in [0.2, 0.25) is 5.02 Å². The molecule has 1 aromatic carbocycles. The second-order valence-corrected chi connectivity index (χ2v) is 7.48. The fraction of sp³-hybridized carbons (Fsp3) is 0.647. The van der Waals surface area contributed by atoms with Crippen LogP contribution in [0, 0.1) is 5.41 Å². The van der Waals surface area contributed by atoms with Gasteiger partial charge in [-0.3, -0.25) is 0 Å². The van der Waals surface area contributed by atoms with E-state index in [2.05, 4.69) is 32.2 Å². The minimum absolute atomic E-state index is 0.202. The van der Waals surface area contributed by atoms with Crippen molar-refractivity contribution < 1.29 is 5.11 Å². The Bertz CT molecular complexity index is 448. The van der Waals surface area contributed by atoms with Gasteiger partial charge in [-0.05, 0) is 55.7 Å². The SMILES string of the molecule is CC(NCC1(O)CCC(C)(C)CC1)c1cccc(Cl)c1. The fourth-order valence-corrected chi connectivity index (χ4v) is 3.00. The average Bonchev–Trinajstić information content (AvgIpc) is 2.40. The molecule has 1 aliphatic carbocycles. The molecular formula is C17H26ClNO. The molecule has 0 aliphatic heterocycles. The Hall–Kier alpha value is -0.570. The first-order valence-corrected chi connectivity index (χ1v) is 7.89. The van der Waals surface area contributed by atoms with Gasteiger partial charge in [0.2, 0.25) is 0 Å². The highest BCUT2D eigenvalue weighted by Crippen LogP contribution is 2.40. The van der Waals surface area contributed by atoms with Crippen molar-refractivity contribution in [3.63, 3.8) is 0 Å². The van der Waals surface area contributed by atoms with Gasteiger partial charge in [-0.2, -0.15) is 0 Å². The summed E-state index contributed by atoms with van der Waals surface area (Å²) in [5.74, 6) is 0. The summed E-state index contributed by atoms with van der Waals surface area (Å²) in [6.07, 6.45) is 3.96. The van der Waals surface area contributed by atoms with Gasteiger partial charge in [0.1, 0.15) is 0 Å². The van der Waals surface area contributed by atoms with Crippen LogP contribution in [-0.4, -0.2) is 17.3 Å². The van der Waals surface area contributed by atoms with Crippen LogP contribution >= 0.6 is 11.6 Å². The zero-order valence-corrected chi connectivity index (χ0v) is 13.5. The van der Waals surface area contributed by atoms with Crippen LogP contribution in [0.3, 0.4) is 0 Å². The van der Waals surface area contributed by atoms with E-state index in [1.54, 1.807) is 0 Å². The van der Waals surface area contributed by atoms with E-state index >= 15 is 0 Å². The number of aliphatic hydroxyl groups is 1. The normalized spacial score (nSPS) is 22.4. The maximum Gasteiger partial charge on any atom is 0.0772 e. The van der Waals surface area contributed by atoms with Crippen molar-refractivity contribution in [1.82, 2.24) is 5.32 Å². The van der Waals surface area contributed by atoms with Crippen molar-refractivity contribution in [3.8, 4) is 0 Å². The molecule has 0 saturated heterocycles. The van der Waals surface area contributed by atoms with Crippen molar-refractivity contribution in [1.29, 1.82) is 0 Å². The highest BCUT2D eigenvalue weighted by Gasteiger charge is 2.36. The van der Waals surface area contributed by atoms with Crippen molar-refractivity contribution in [3.05, 3.63) is 34.9 Å². The van der Waals surface area contributed by atoms with Crippen molar-refractivity contribution in [2.75, 3.05) is 6.54 Å². The summed E-state index contributed by atoms with van der Waals surface area (Å²) in [5, 5.41) is 14.9. The van der Waals surface area contributed by atoms with E-state index in [-0.39, 0.29) is 6.04 Å². The van der Waals surface area contributed by atoms with E-state index in [1.165, 1.54) is 0 Å². The Labute approximate surface area is 127 Å². The molecule has 3 heteroatoms. The topological polar surface area (TPSA) is 32.3 Å². The predicted octanol–water partition coefficient (Wildman–Crippen LogP) is 4.32. The predicted molar refractivity (Wildman–Crippen MR) is 85.1 cm³/mol. The fourth-order valence-electron chi connectivity index (χ4n) is 2.81. The first-order chi connectivity index (χ1) is 9.30. The average molecular weight is 296 g/mol. The lowest BCUT2D eigenvalue weighted by Gasteiger charge is -2.40. The Morgan fingerprint density at radius 3 is 2.50 bits per heavy atom. The molecular weight excluding hydrogens is 270 g/mol. The van der Waals surface area contributed by atoms with E-state index in [0.29, 0.717) is 12.0 Å². The summed E-state index contributed by atoms with van der Waals surface area (Å²) in [5.41, 5.74) is 0.991. The second kappa shape index (κ2) is 6.05. The van der Waals surface area contributed by atoms with Crippen LogP contribution in [0.4, 0.5) is 0 Å². The monoisotopic (exact) mass is 295 g/mol. The molecule has 0 heterocycles. The number of nitrogens with one attached hydrogen (secondary N) is 1. The molecule has 0 bridgehead atoms. The third kappa shape index (κ3) is 4.21. The van der Waals surface area contributed by atoms with E-state index in [9.17, 15) is 5.11 Å². The number of rotatable bonds is 4. The number of hydrogen-bond donors (Lipinski definition) is 2. The molecule has 1 aliphatic rings. The molecule has 1 fully saturated rings. The van der Waals surface area contributed by atoms with Gasteiger partial charge in [0.25, 0.3) is 0 Å². The summed E-state index contributed by atoms with van der Waals surface area (Å²) in [6.45, 7) is 7.34. The Morgan fingerprint density at radius 2 is 1.90 bits per heavy atom. The highest BCUT2D eigenvalue weighted by atomic mass is 35.5. The van der Waals surface area contributed by atoms with Crippen LogP contribution in [-0.2, 0) is 0 Å². The molecule has 2 rings (SSSR count). The largest absolute Gasteiger partial charge is 0.389 e. The molecule has 0 spiro atoms. The molecule has 112 valence electrons. The van der Waals surface area contributed by atoms with Gasteiger partial charge in [0.15, 0.2) is 0 Å². The lowest BCUT2D eigenvalue weighted by molar-refractivity contribution is -0.0258. The molecule has 2 nitrogen and oxygen atoms in total. The number of hydrogen-bond acceptors (Lipinski definition) is 2. The zero-order chi connectivity index (χ0) is 14.8. The molecule has 2 N–H and O–H groups in total. The van der Waals surface area contributed by atoms with Gasteiger partial charge in [-0.25, -0.2) is 0 Å². The van der Waals surface area contributed by atoms with Gasteiger partial charge in [0, 0.05) is 17.6 Å². The first kappa shape index (κ1) is 15.8. The Morgan fingerprint density at radius 1 is 1.25 bits per heavy atom. The summed E-state index contributed by atoms with van der Waals surface area (Å²) < 4.78 is 0. The molecule has 0 aromatic heterocycles. The second-order valence-electron chi connectivity index (χ2n) is 7.05. The minimum atomic E-state index is -0.553. The van der Waals surface area contributed by atoms with Crippen molar-refractivity contribution in [2.24, 2.45) is 5.41 Å². The van der Waals surface area contributed by atoms with E-state index < -0.39 is 5.60 Å². The molecule has 20 heavy (non-hydrogen) atoms. The zero-order valence-electron chi connectivity index (χ0n) is 12.7. The van der Waals surface area contributed by atoms with Gasteiger partial charge in [0.05, 0.1) is 5.60 Å². The maximum atomic E-state index is 10.7. The van der Waals surface area contributed by atoms with Crippen LogP contribution in [0.1, 0.15) is 58.1 Å². The van der Waals surface area contributed by atoms with Crippen molar-refractivity contribution >= 4 is 11.6 Å². The van der Waals surface area contributed by atoms with E-state index in [4.69, 9.17) is 11.6 Å².